The molecule has 2 N–H and O–H groups in total. The minimum Gasteiger partial charge on any atom is -0.480 e. The quantitative estimate of drug-likeness (QED) is 0.900. The second-order valence-corrected chi connectivity index (χ2v) is 7.31. The van der Waals surface area contributed by atoms with Crippen molar-refractivity contribution in [3.05, 3.63) is 21.4 Å². The lowest BCUT2D eigenvalue weighted by molar-refractivity contribution is -0.146. The van der Waals surface area contributed by atoms with Gasteiger partial charge < -0.3 is 10.4 Å². The lowest BCUT2D eigenvalue weighted by Gasteiger charge is -2.36. The molecule has 1 aromatic heterocycles. The summed E-state index contributed by atoms with van der Waals surface area (Å²) in [6.45, 7) is 5.96. The second-order valence-electron chi connectivity index (χ2n) is 5.85. The Balaban J connectivity index is 2.19. The van der Waals surface area contributed by atoms with Crippen molar-refractivity contribution in [2.45, 2.75) is 52.0 Å². The van der Waals surface area contributed by atoms with Crippen LogP contribution in [-0.2, 0) is 4.79 Å². The second kappa shape index (κ2) is 5.56. The Morgan fingerprint density at radius 2 is 1.95 bits per heavy atom. The van der Waals surface area contributed by atoms with E-state index in [-0.39, 0.29) is 5.91 Å². The molecule has 0 unspecified atom stereocenters. The molecule has 0 atom stereocenters. The van der Waals surface area contributed by atoms with Gasteiger partial charge in [0.15, 0.2) is 0 Å². The number of nitrogens with one attached hydrogen (secondary N) is 1. The third kappa shape index (κ3) is 2.87. The topological polar surface area (TPSA) is 66.4 Å². The summed E-state index contributed by atoms with van der Waals surface area (Å²) in [4.78, 5) is 26.0. The Hall–Kier alpha value is -1.36. The Labute approximate surface area is 123 Å². The molecule has 0 bridgehead atoms. The summed E-state index contributed by atoms with van der Waals surface area (Å²) in [5.74, 6) is -0.643. The number of carboxylic acid groups (broad SMARTS) is 1. The molecule has 1 saturated carbocycles. The van der Waals surface area contributed by atoms with Crippen LogP contribution >= 0.6 is 11.3 Å². The largest absolute Gasteiger partial charge is 0.480 e. The normalized spacial score (nSPS) is 26.2. The molecule has 5 heteroatoms. The van der Waals surface area contributed by atoms with Gasteiger partial charge in [-0.05, 0) is 51.5 Å². The molecule has 0 spiro atoms. The molecule has 0 aliphatic heterocycles. The van der Waals surface area contributed by atoms with Crippen molar-refractivity contribution in [3.8, 4) is 0 Å². The number of carboxylic acids is 1. The van der Waals surface area contributed by atoms with Crippen molar-refractivity contribution in [2.24, 2.45) is 5.92 Å². The molecular weight excluding hydrogens is 274 g/mol. The van der Waals surface area contributed by atoms with Gasteiger partial charge in [0.25, 0.3) is 5.91 Å². The molecular formula is C15H21NO3S. The highest BCUT2D eigenvalue weighted by Crippen LogP contribution is 2.33. The molecule has 1 aliphatic carbocycles. The highest BCUT2D eigenvalue weighted by Gasteiger charge is 2.42. The van der Waals surface area contributed by atoms with Crippen LogP contribution in [0.15, 0.2) is 6.07 Å². The highest BCUT2D eigenvalue weighted by molar-refractivity contribution is 7.12. The number of aliphatic carboxylic acids is 1. The Morgan fingerprint density at radius 1 is 1.35 bits per heavy atom. The van der Waals surface area contributed by atoms with E-state index in [1.54, 1.807) is 11.3 Å². The SMILES string of the molecule is Cc1cc(C(=O)NC2(C(=O)O)CCC(C)CC2)c(C)s1. The summed E-state index contributed by atoms with van der Waals surface area (Å²) in [6, 6.07) is 1.83. The number of hydrogen-bond acceptors (Lipinski definition) is 3. The molecule has 1 heterocycles. The van der Waals surface area contributed by atoms with E-state index in [1.807, 2.05) is 19.9 Å². The van der Waals surface area contributed by atoms with Crippen LogP contribution in [0.1, 0.15) is 52.7 Å². The fourth-order valence-corrected chi connectivity index (χ4v) is 3.71. The number of thiophene rings is 1. The van der Waals surface area contributed by atoms with E-state index in [0.717, 1.165) is 22.6 Å². The molecule has 1 aromatic rings. The van der Waals surface area contributed by atoms with Crippen LogP contribution in [-0.4, -0.2) is 22.5 Å². The number of amides is 1. The van der Waals surface area contributed by atoms with Gasteiger partial charge in [0.05, 0.1) is 5.56 Å². The standard InChI is InChI=1S/C15H21NO3S/c1-9-4-6-15(7-5-9,14(18)19)16-13(17)12-8-10(2)20-11(12)3/h8-9H,4-7H2,1-3H3,(H,16,17)(H,18,19). The minimum atomic E-state index is -1.09. The first-order chi connectivity index (χ1) is 9.34. The van der Waals surface area contributed by atoms with Gasteiger partial charge in [0, 0.05) is 9.75 Å². The maximum absolute atomic E-state index is 12.4. The van der Waals surface area contributed by atoms with Crippen molar-refractivity contribution in [1.82, 2.24) is 5.32 Å². The first kappa shape index (κ1) is 15.0. The van der Waals surface area contributed by atoms with Crippen LogP contribution in [0.25, 0.3) is 0 Å². The first-order valence-electron chi connectivity index (χ1n) is 6.97. The summed E-state index contributed by atoms with van der Waals surface area (Å²) < 4.78 is 0. The monoisotopic (exact) mass is 295 g/mol. The zero-order valence-corrected chi connectivity index (χ0v) is 13.0. The fraction of sp³-hybridized carbons (Fsp3) is 0.600. The number of rotatable bonds is 3. The number of carbonyl (C=O) groups excluding carboxylic acids is 1. The zero-order chi connectivity index (χ0) is 14.9. The summed E-state index contributed by atoms with van der Waals surface area (Å²) in [6.07, 6.45) is 2.71. The van der Waals surface area contributed by atoms with Gasteiger partial charge >= 0.3 is 5.97 Å². The predicted octanol–water partition coefficient (Wildman–Crippen LogP) is 3.13. The fourth-order valence-electron chi connectivity index (χ4n) is 2.79. The van der Waals surface area contributed by atoms with E-state index < -0.39 is 11.5 Å². The lowest BCUT2D eigenvalue weighted by atomic mass is 9.77. The van der Waals surface area contributed by atoms with Crippen LogP contribution < -0.4 is 5.32 Å². The van der Waals surface area contributed by atoms with E-state index in [1.165, 1.54) is 0 Å². The van der Waals surface area contributed by atoms with Crippen LogP contribution in [0, 0.1) is 19.8 Å². The van der Waals surface area contributed by atoms with Crippen molar-refractivity contribution < 1.29 is 14.7 Å². The van der Waals surface area contributed by atoms with Crippen molar-refractivity contribution in [3.63, 3.8) is 0 Å². The van der Waals surface area contributed by atoms with Gasteiger partial charge in [-0.15, -0.1) is 11.3 Å². The van der Waals surface area contributed by atoms with E-state index in [4.69, 9.17) is 0 Å². The van der Waals surface area contributed by atoms with Gasteiger partial charge in [-0.1, -0.05) is 6.92 Å². The molecule has 20 heavy (non-hydrogen) atoms. The summed E-state index contributed by atoms with van der Waals surface area (Å²) in [5.41, 5.74) is -0.488. The predicted molar refractivity (Wildman–Crippen MR) is 79.3 cm³/mol. The number of hydrogen-bond donors (Lipinski definition) is 2. The van der Waals surface area contributed by atoms with E-state index in [9.17, 15) is 14.7 Å². The van der Waals surface area contributed by atoms with E-state index >= 15 is 0 Å². The lowest BCUT2D eigenvalue weighted by Crippen LogP contribution is -2.56. The molecule has 2 rings (SSSR count). The average molecular weight is 295 g/mol. The Bertz CT molecular complexity index is 527. The summed E-state index contributed by atoms with van der Waals surface area (Å²) in [7, 11) is 0. The van der Waals surface area contributed by atoms with Crippen molar-refractivity contribution >= 4 is 23.2 Å². The summed E-state index contributed by atoms with van der Waals surface area (Å²) >= 11 is 1.56. The Kier molecular flexibility index (Phi) is 4.18. The average Bonchev–Trinajstić information content (AvgIpc) is 2.71. The third-order valence-corrected chi connectivity index (χ3v) is 5.14. The third-order valence-electron chi connectivity index (χ3n) is 4.18. The minimum absolute atomic E-state index is 0.260. The zero-order valence-electron chi connectivity index (χ0n) is 12.2. The molecule has 0 saturated heterocycles. The van der Waals surface area contributed by atoms with Crippen LogP contribution in [0.5, 0.6) is 0 Å². The van der Waals surface area contributed by atoms with Gasteiger partial charge in [0.1, 0.15) is 5.54 Å². The van der Waals surface area contributed by atoms with Crippen LogP contribution in [0.4, 0.5) is 0 Å². The first-order valence-corrected chi connectivity index (χ1v) is 7.78. The Morgan fingerprint density at radius 3 is 2.40 bits per heavy atom. The van der Waals surface area contributed by atoms with Gasteiger partial charge in [0.2, 0.25) is 0 Å². The smallest absolute Gasteiger partial charge is 0.329 e. The molecule has 110 valence electrons. The molecule has 1 amide bonds. The van der Waals surface area contributed by atoms with Crippen molar-refractivity contribution in [2.75, 3.05) is 0 Å². The summed E-state index contributed by atoms with van der Waals surface area (Å²) in [5, 5.41) is 12.3. The van der Waals surface area contributed by atoms with Gasteiger partial charge in [-0.3, -0.25) is 4.79 Å². The van der Waals surface area contributed by atoms with Gasteiger partial charge in [-0.2, -0.15) is 0 Å². The molecule has 1 fully saturated rings. The molecule has 4 nitrogen and oxygen atoms in total. The molecule has 0 aromatic carbocycles. The van der Waals surface area contributed by atoms with E-state index in [2.05, 4.69) is 12.2 Å². The van der Waals surface area contributed by atoms with Gasteiger partial charge in [-0.25, -0.2) is 4.79 Å². The highest BCUT2D eigenvalue weighted by atomic mass is 32.1. The maximum atomic E-state index is 12.4. The van der Waals surface area contributed by atoms with Crippen molar-refractivity contribution in [1.29, 1.82) is 0 Å². The van der Waals surface area contributed by atoms with Crippen LogP contribution in [0.3, 0.4) is 0 Å². The number of aryl methyl sites for hydroxylation is 2. The molecule has 1 aliphatic rings. The number of carbonyl (C=O) groups is 2. The van der Waals surface area contributed by atoms with Crippen LogP contribution in [0.2, 0.25) is 0 Å². The molecule has 0 radical (unpaired) electrons. The maximum Gasteiger partial charge on any atom is 0.329 e. The van der Waals surface area contributed by atoms with E-state index in [0.29, 0.717) is 24.3 Å².